The van der Waals surface area contributed by atoms with Crippen molar-refractivity contribution in [1.29, 1.82) is 0 Å². The number of benzene rings is 2. The van der Waals surface area contributed by atoms with Gasteiger partial charge in [-0.3, -0.25) is 9.48 Å². The number of aromatic nitrogens is 3. The molecule has 0 saturated heterocycles. The maximum Gasteiger partial charge on any atom is 0.221 e. The number of halogens is 2. The zero-order valence-electron chi connectivity index (χ0n) is 21.9. The third kappa shape index (κ3) is 8.19. The Morgan fingerprint density at radius 1 is 1.21 bits per heavy atom. The number of carbonyl (C=O) groups excluding carboxylic acids is 1. The Morgan fingerprint density at radius 3 is 2.85 bits per heavy atom. The smallest absolute Gasteiger partial charge is 0.221 e. The summed E-state index contributed by atoms with van der Waals surface area (Å²) in [5.74, 6) is -0.669. The van der Waals surface area contributed by atoms with Gasteiger partial charge in [-0.15, -0.1) is 0 Å². The zero-order valence-corrected chi connectivity index (χ0v) is 21.9. The number of nitrogens with zero attached hydrogens (tertiary/aromatic N) is 4. The molecule has 0 radical (unpaired) electrons. The van der Waals surface area contributed by atoms with Gasteiger partial charge in [-0.25, -0.2) is 13.8 Å². The number of nitrogens with one attached hydrogen (secondary N) is 2. The van der Waals surface area contributed by atoms with Crippen LogP contribution in [-0.4, -0.2) is 78.3 Å². The first-order valence-electron chi connectivity index (χ1n) is 12.9. The Kier molecular flexibility index (Phi) is 10.2. The molecule has 2 atom stereocenters. The standard InChI is InChI=1S/C27H34F2N6O4/c1-38-22-4-2-19-6-10-34(25(19)13-22)11-7-27(37)32-9-8-30-14-21(36)16-39-26(15-35-18-31-17-33-35)23-5-3-20(28)12-24(23)29/h2-5,12-13,17-18,21,26,30,36H,6-11,14-16H2,1H3,(H,32,37). The predicted molar refractivity (Wildman–Crippen MR) is 140 cm³/mol. The molecule has 0 aliphatic carbocycles. The fraction of sp³-hybridized carbons (Fsp3) is 0.444. The molecule has 39 heavy (non-hydrogen) atoms. The Morgan fingerprint density at radius 2 is 2.08 bits per heavy atom. The second-order valence-corrected chi connectivity index (χ2v) is 9.29. The molecule has 12 heteroatoms. The summed E-state index contributed by atoms with van der Waals surface area (Å²) in [7, 11) is 1.64. The third-order valence-corrected chi connectivity index (χ3v) is 6.52. The molecule has 4 rings (SSSR count). The van der Waals surface area contributed by atoms with Gasteiger partial charge in [0.15, 0.2) is 0 Å². The normalized spacial score (nSPS) is 14.2. The number of aliphatic hydroxyl groups excluding tert-OH is 1. The molecule has 3 N–H and O–H groups in total. The van der Waals surface area contributed by atoms with Crippen LogP contribution in [0.1, 0.15) is 23.7 Å². The highest BCUT2D eigenvalue weighted by Gasteiger charge is 2.21. The van der Waals surface area contributed by atoms with Crippen molar-refractivity contribution in [2.45, 2.75) is 31.6 Å². The van der Waals surface area contributed by atoms with E-state index >= 15 is 0 Å². The van der Waals surface area contributed by atoms with Crippen molar-refractivity contribution in [3.63, 3.8) is 0 Å². The van der Waals surface area contributed by atoms with Crippen LogP contribution < -0.4 is 20.3 Å². The van der Waals surface area contributed by atoms with Crippen molar-refractivity contribution in [1.82, 2.24) is 25.4 Å². The first-order valence-corrected chi connectivity index (χ1v) is 12.9. The molecule has 10 nitrogen and oxygen atoms in total. The van der Waals surface area contributed by atoms with E-state index in [0.29, 0.717) is 26.1 Å². The van der Waals surface area contributed by atoms with Crippen LogP contribution in [0.15, 0.2) is 49.1 Å². The van der Waals surface area contributed by atoms with Gasteiger partial charge in [0.25, 0.3) is 0 Å². The molecule has 0 fully saturated rings. The summed E-state index contributed by atoms with van der Waals surface area (Å²) in [6.07, 6.45) is 2.46. The number of amides is 1. The Hall–Kier alpha value is -3.61. The lowest BCUT2D eigenvalue weighted by Gasteiger charge is -2.21. The van der Waals surface area contributed by atoms with Gasteiger partial charge >= 0.3 is 0 Å². The van der Waals surface area contributed by atoms with Crippen molar-refractivity contribution in [3.8, 4) is 5.75 Å². The highest BCUT2D eigenvalue weighted by atomic mass is 19.1. The molecule has 2 aromatic carbocycles. The first kappa shape index (κ1) is 28.4. The minimum absolute atomic E-state index is 0.0469. The molecule has 210 valence electrons. The zero-order chi connectivity index (χ0) is 27.6. The number of anilines is 1. The number of rotatable bonds is 15. The minimum atomic E-state index is -0.880. The number of methoxy groups -OCH3 is 1. The van der Waals surface area contributed by atoms with Crippen molar-refractivity contribution < 1.29 is 28.2 Å². The lowest BCUT2D eigenvalue weighted by atomic mass is 10.1. The molecule has 1 aromatic heterocycles. The summed E-state index contributed by atoms with van der Waals surface area (Å²) in [4.78, 5) is 18.4. The van der Waals surface area contributed by atoms with E-state index in [-0.39, 0.29) is 31.2 Å². The molecule has 1 amide bonds. The van der Waals surface area contributed by atoms with Gasteiger partial charge < -0.3 is 30.1 Å². The lowest BCUT2D eigenvalue weighted by Crippen LogP contribution is -2.37. The van der Waals surface area contributed by atoms with Gasteiger partial charge in [0.1, 0.15) is 36.1 Å². The van der Waals surface area contributed by atoms with Crippen molar-refractivity contribution in [2.24, 2.45) is 0 Å². The number of carbonyl (C=O) groups is 1. The molecule has 2 unspecified atom stereocenters. The van der Waals surface area contributed by atoms with E-state index in [2.05, 4.69) is 31.7 Å². The molecule has 1 aliphatic heterocycles. The fourth-order valence-corrected chi connectivity index (χ4v) is 4.45. The number of ether oxygens (including phenoxy) is 2. The van der Waals surface area contributed by atoms with E-state index in [1.54, 1.807) is 7.11 Å². The Balaban J connectivity index is 1.13. The summed E-state index contributed by atoms with van der Waals surface area (Å²) < 4.78 is 40.3. The van der Waals surface area contributed by atoms with E-state index in [1.165, 1.54) is 29.0 Å². The highest BCUT2D eigenvalue weighted by molar-refractivity contribution is 5.76. The summed E-state index contributed by atoms with van der Waals surface area (Å²) >= 11 is 0. The van der Waals surface area contributed by atoms with Gasteiger partial charge in [0.2, 0.25) is 5.91 Å². The van der Waals surface area contributed by atoms with Crippen LogP contribution in [0.2, 0.25) is 0 Å². The van der Waals surface area contributed by atoms with Gasteiger partial charge in [0, 0.05) is 62.5 Å². The van der Waals surface area contributed by atoms with E-state index in [9.17, 15) is 18.7 Å². The summed E-state index contributed by atoms with van der Waals surface area (Å²) in [5.41, 5.74) is 2.53. The molecular weight excluding hydrogens is 510 g/mol. The van der Waals surface area contributed by atoms with Crippen LogP contribution in [0.5, 0.6) is 5.75 Å². The average Bonchev–Trinajstić information content (AvgIpc) is 3.59. The SMILES string of the molecule is COc1ccc2c(c1)N(CCC(=O)NCCNCC(O)COC(Cn1cncn1)c1ccc(F)cc1F)CC2. The minimum Gasteiger partial charge on any atom is -0.497 e. The lowest BCUT2D eigenvalue weighted by molar-refractivity contribution is -0.120. The predicted octanol–water partition coefficient (Wildman–Crippen LogP) is 1.84. The van der Waals surface area contributed by atoms with Gasteiger partial charge in [0.05, 0.1) is 26.4 Å². The molecule has 0 saturated carbocycles. The largest absolute Gasteiger partial charge is 0.497 e. The molecular formula is C27H34F2N6O4. The Bertz CT molecular complexity index is 1210. The van der Waals surface area contributed by atoms with Crippen LogP contribution in [0.3, 0.4) is 0 Å². The number of fused-ring (bicyclic) bond motifs is 1. The number of hydrogen-bond acceptors (Lipinski definition) is 8. The van der Waals surface area contributed by atoms with Gasteiger partial charge in [-0.05, 0) is 24.1 Å². The maximum atomic E-state index is 14.4. The van der Waals surface area contributed by atoms with Crippen molar-refractivity contribution in [3.05, 3.63) is 71.8 Å². The van der Waals surface area contributed by atoms with Crippen LogP contribution in [0.25, 0.3) is 0 Å². The molecule has 1 aliphatic rings. The average molecular weight is 545 g/mol. The van der Waals surface area contributed by atoms with Crippen LogP contribution in [-0.2, 0) is 22.5 Å². The number of aliphatic hydroxyl groups is 1. The molecule has 3 aromatic rings. The summed E-state index contributed by atoms with van der Waals surface area (Å²) in [5, 5.41) is 20.3. The van der Waals surface area contributed by atoms with Crippen molar-refractivity contribution >= 4 is 11.6 Å². The van der Waals surface area contributed by atoms with Crippen LogP contribution in [0.4, 0.5) is 14.5 Å². The monoisotopic (exact) mass is 544 g/mol. The number of hydrogen-bond donors (Lipinski definition) is 3. The second kappa shape index (κ2) is 14.0. The molecule has 0 spiro atoms. The topological polar surface area (TPSA) is 114 Å². The van der Waals surface area contributed by atoms with Crippen molar-refractivity contribution in [2.75, 3.05) is 51.3 Å². The maximum absolute atomic E-state index is 14.4. The molecule has 2 heterocycles. The fourth-order valence-electron chi connectivity index (χ4n) is 4.45. The summed E-state index contributed by atoms with van der Waals surface area (Å²) in [6.45, 7) is 2.64. The van der Waals surface area contributed by atoms with Crippen LogP contribution in [0, 0.1) is 11.6 Å². The summed E-state index contributed by atoms with van der Waals surface area (Å²) in [6, 6.07) is 9.29. The highest BCUT2D eigenvalue weighted by Crippen LogP contribution is 2.31. The third-order valence-electron chi connectivity index (χ3n) is 6.52. The van der Waals surface area contributed by atoms with Crippen LogP contribution >= 0.6 is 0 Å². The van der Waals surface area contributed by atoms with Gasteiger partial charge in [-0.2, -0.15) is 5.10 Å². The quantitative estimate of drug-likeness (QED) is 0.249. The van der Waals surface area contributed by atoms with E-state index < -0.39 is 23.8 Å². The molecule has 0 bridgehead atoms. The first-order chi connectivity index (χ1) is 18.9. The van der Waals surface area contributed by atoms with E-state index in [1.807, 2.05) is 12.1 Å². The second-order valence-electron chi connectivity index (χ2n) is 9.29. The van der Waals surface area contributed by atoms with Gasteiger partial charge in [-0.1, -0.05) is 12.1 Å². The van der Waals surface area contributed by atoms with E-state index in [0.717, 1.165) is 36.5 Å². The Labute approximate surface area is 225 Å². The van der Waals surface area contributed by atoms with E-state index in [4.69, 9.17) is 9.47 Å².